The Morgan fingerprint density at radius 3 is 2.93 bits per heavy atom. The topological polar surface area (TPSA) is 79.4 Å². The zero-order chi connectivity index (χ0) is 10.6. The maximum Gasteiger partial charge on any atom is 0.339 e. The number of aromatic amines is 1. The number of ether oxygens (including phenoxy) is 1. The molecular formula is C9H11NO4. The summed E-state index contributed by atoms with van der Waals surface area (Å²) >= 11 is 0. The van der Waals surface area contributed by atoms with Gasteiger partial charge in [-0.15, -0.1) is 0 Å². The van der Waals surface area contributed by atoms with E-state index in [0.717, 1.165) is 0 Å². The second-order valence-corrected chi connectivity index (χ2v) is 2.61. The lowest BCUT2D eigenvalue weighted by atomic mass is 10.1. The van der Waals surface area contributed by atoms with Crippen LogP contribution in [-0.2, 0) is 11.3 Å². The average Bonchev–Trinajstić information content (AvgIpc) is 2.17. The number of carbonyl (C=O) groups is 1. The van der Waals surface area contributed by atoms with E-state index >= 15 is 0 Å². The van der Waals surface area contributed by atoms with Crippen LogP contribution in [0.4, 0.5) is 0 Å². The van der Waals surface area contributed by atoms with Crippen LogP contribution < -0.4 is 5.56 Å². The molecule has 0 saturated heterocycles. The predicted octanol–water partition coefficient (Wildman–Crippen LogP) is 0.0439. The van der Waals surface area contributed by atoms with Crippen molar-refractivity contribution in [2.24, 2.45) is 0 Å². The van der Waals surface area contributed by atoms with Crippen molar-refractivity contribution in [3.63, 3.8) is 0 Å². The van der Waals surface area contributed by atoms with Crippen molar-refractivity contribution in [2.75, 3.05) is 6.61 Å². The Labute approximate surface area is 80.3 Å². The summed E-state index contributed by atoms with van der Waals surface area (Å²) in [4.78, 5) is 24.5. The Bertz CT molecular complexity index is 383. The van der Waals surface area contributed by atoms with E-state index in [2.05, 4.69) is 4.98 Å². The van der Waals surface area contributed by atoms with Crippen molar-refractivity contribution in [3.05, 3.63) is 33.7 Å². The Hall–Kier alpha value is -1.62. The summed E-state index contributed by atoms with van der Waals surface area (Å²) in [6.07, 6.45) is 1.24. The molecule has 1 aromatic rings. The molecule has 1 heterocycles. The van der Waals surface area contributed by atoms with Crippen LogP contribution in [0.15, 0.2) is 17.1 Å². The minimum absolute atomic E-state index is 0.189. The SMILES string of the molecule is CCOC(=O)c1c[nH]c(=O)cc1CO. The summed E-state index contributed by atoms with van der Waals surface area (Å²) < 4.78 is 4.74. The fourth-order valence-corrected chi connectivity index (χ4v) is 1.04. The quantitative estimate of drug-likeness (QED) is 0.671. The van der Waals surface area contributed by atoms with Gasteiger partial charge in [-0.2, -0.15) is 0 Å². The highest BCUT2D eigenvalue weighted by atomic mass is 16.5. The van der Waals surface area contributed by atoms with Crippen LogP contribution in [0.2, 0.25) is 0 Å². The van der Waals surface area contributed by atoms with Crippen LogP contribution in [0.25, 0.3) is 0 Å². The van der Waals surface area contributed by atoms with Crippen molar-refractivity contribution >= 4 is 5.97 Å². The largest absolute Gasteiger partial charge is 0.462 e. The van der Waals surface area contributed by atoms with Crippen LogP contribution in [0, 0.1) is 0 Å². The molecule has 5 heteroatoms. The second-order valence-electron chi connectivity index (χ2n) is 2.61. The predicted molar refractivity (Wildman–Crippen MR) is 48.9 cm³/mol. The van der Waals surface area contributed by atoms with E-state index in [1.807, 2.05) is 0 Å². The molecule has 0 radical (unpaired) electrons. The number of esters is 1. The van der Waals surface area contributed by atoms with E-state index in [-0.39, 0.29) is 29.9 Å². The van der Waals surface area contributed by atoms with Gasteiger partial charge in [-0.3, -0.25) is 4.79 Å². The number of pyridine rings is 1. The highest BCUT2D eigenvalue weighted by Crippen LogP contribution is 2.06. The van der Waals surface area contributed by atoms with Crippen LogP contribution in [-0.4, -0.2) is 22.7 Å². The molecule has 0 aliphatic heterocycles. The number of H-pyrrole nitrogens is 1. The fourth-order valence-electron chi connectivity index (χ4n) is 1.04. The first-order valence-corrected chi connectivity index (χ1v) is 4.18. The highest BCUT2D eigenvalue weighted by Gasteiger charge is 2.11. The Morgan fingerprint density at radius 2 is 2.36 bits per heavy atom. The number of hydrogen-bond acceptors (Lipinski definition) is 4. The molecule has 1 rings (SSSR count). The molecule has 0 bridgehead atoms. The number of carbonyl (C=O) groups excluding carboxylic acids is 1. The molecule has 2 N–H and O–H groups in total. The Kier molecular flexibility index (Phi) is 3.41. The lowest BCUT2D eigenvalue weighted by Gasteiger charge is -2.04. The summed E-state index contributed by atoms with van der Waals surface area (Å²) in [7, 11) is 0. The third kappa shape index (κ3) is 2.20. The molecule has 76 valence electrons. The molecule has 0 unspecified atom stereocenters. The second kappa shape index (κ2) is 4.57. The molecule has 0 spiro atoms. The van der Waals surface area contributed by atoms with Crippen molar-refractivity contribution in [3.8, 4) is 0 Å². The summed E-state index contributed by atoms with van der Waals surface area (Å²) in [6, 6.07) is 1.17. The lowest BCUT2D eigenvalue weighted by Crippen LogP contribution is -2.14. The van der Waals surface area contributed by atoms with E-state index in [9.17, 15) is 9.59 Å². The minimum atomic E-state index is -0.548. The summed E-state index contributed by atoms with van der Waals surface area (Å²) in [5, 5.41) is 8.90. The van der Waals surface area contributed by atoms with E-state index < -0.39 is 5.97 Å². The van der Waals surface area contributed by atoms with Gasteiger partial charge in [0.05, 0.1) is 18.8 Å². The van der Waals surface area contributed by atoms with Crippen molar-refractivity contribution in [1.29, 1.82) is 0 Å². The van der Waals surface area contributed by atoms with Gasteiger partial charge in [0.2, 0.25) is 5.56 Å². The van der Waals surface area contributed by atoms with Crippen LogP contribution >= 0.6 is 0 Å². The first kappa shape index (κ1) is 10.5. The fraction of sp³-hybridized carbons (Fsp3) is 0.333. The maximum absolute atomic E-state index is 11.3. The van der Waals surface area contributed by atoms with Gasteiger partial charge in [0.1, 0.15) is 0 Å². The number of hydrogen-bond donors (Lipinski definition) is 2. The standard InChI is InChI=1S/C9H11NO4/c1-2-14-9(13)7-4-10-8(12)3-6(7)5-11/h3-4,11H,2,5H2,1H3,(H,10,12). The molecule has 0 amide bonds. The lowest BCUT2D eigenvalue weighted by molar-refractivity contribution is 0.0522. The minimum Gasteiger partial charge on any atom is -0.462 e. The third-order valence-electron chi connectivity index (χ3n) is 1.68. The van der Waals surface area contributed by atoms with Crippen LogP contribution in [0.1, 0.15) is 22.8 Å². The molecule has 0 aliphatic rings. The summed E-state index contributed by atoms with van der Waals surface area (Å²) in [5.74, 6) is -0.548. The van der Waals surface area contributed by atoms with E-state index in [0.29, 0.717) is 0 Å². The first-order valence-electron chi connectivity index (χ1n) is 4.18. The molecule has 14 heavy (non-hydrogen) atoms. The number of nitrogens with one attached hydrogen (secondary N) is 1. The molecule has 0 saturated carbocycles. The van der Waals surface area contributed by atoms with E-state index in [1.165, 1.54) is 12.3 Å². The number of aromatic nitrogens is 1. The molecule has 5 nitrogen and oxygen atoms in total. The maximum atomic E-state index is 11.3. The molecule has 0 aromatic carbocycles. The van der Waals surface area contributed by atoms with Gasteiger partial charge in [0.15, 0.2) is 0 Å². The van der Waals surface area contributed by atoms with Gasteiger partial charge in [0, 0.05) is 12.3 Å². The average molecular weight is 197 g/mol. The zero-order valence-electron chi connectivity index (χ0n) is 7.74. The smallest absolute Gasteiger partial charge is 0.339 e. The van der Waals surface area contributed by atoms with E-state index in [4.69, 9.17) is 9.84 Å². The molecular weight excluding hydrogens is 186 g/mol. The summed E-state index contributed by atoms with van der Waals surface area (Å²) in [6.45, 7) is 1.57. The van der Waals surface area contributed by atoms with Crippen molar-refractivity contribution in [1.82, 2.24) is 4.98 Å². The monoisotopic (exact) mass is 197 g/mol. The number of rotatable bonds is 3. The highest BCUT2D eigenvalue weighted by molar-refractivity contribution is 5.90. The third-order valence-corrected chi connectivity index (χ3v) is 1.68. The van der Waals surface area contributed by atoms with Gasteiger partial charge in [-0.25, -0.2) is 4.79 Å². The molecule has 0 aliphatic carbocycles. The number of aliphatic hydroxyl groups is 1. The van der Waals surface area contributed by atoms with E-state index in [1.54, 1.807) is 6.92 Å². The summed E-state index contributed by atoms with van der Waals surface area (Å²) in [5.41, 5.74) is 0.100. The van der Waals surface area contributed by atoms with Gasteiger partial charge in [-0.05, 0) is 12.5 Å². The van der Waals surface area contributed by atoms with Gasteiger partial charge in [-0.1, -0.05) is 0 Å². The normalized spacial score (nSPS) is 9.86. The van der Waals surface area contributed by atoms with Gasteiger partial charge in [0.25, 0.3) is 0 Å². The van der Waals surface area contributed by atoms with Gasteiger partial charge >= 0.3 is 5.97 Å². The van der Waals surface area contributed by atoms with Crippen LogP contribution in [0.3, 0.4) is 0 Å². The van der Waals surface area contributed by atoms with Crippen molar-refractivity contribution in [2.45, 2.75) is 13.5 Å². The number of aliphatic hydroxyl groups excluding tert-OH is 1. The van der Waals surface area contributed by atoms with Gasteiger partial charge < -0.3 is 14.8 Å². The Morgan fingerprint density at radius 1 is 1.64 bits per heavy atom. The van der Waals surface area contributed by atoms with Crippen molar-refractivity contribution < 1.29 is 14.6 Å². The van der Waals surface area contributed by atoms with Crippen LogP contribution in [0.5, 0.6) is 0 Å². The first-order chi connectivity index (χ1) is 6.69. The Balaban J connectivity index is 3.07. The molecule has 0 fully saturated rings. The molecule has 1 aromatic heterocycles. The zero-order valence-corrected chi connectivity index (χ0v) is 7.74. The molecule has 0 atom stereocenters.